The van der Waals surface area contributed by atoms with Gasteiger partial charge in [0.05, 0.1) is 4.58 Å². The molecule has 1 fully saturated rings. The molecule has 2 rings (SSSR count). The highest BCUT2D eigenvalue weighted by Crippen LogP contribution is 2.42. The average molecular weight is 250 g/mol. The van der Waals surface area contributed by atoms with Gasteiger partial charge in [0, 0.05) is 4.91 Å². The number of hydrogen-bond donors (Lipinski definition) is 0. The van der Waals surface area contributed by atoms with Crippen LogP contribution in [0.3, 0.4) is 0 Å². The van der Waals surface area contributed by atoms with Crippen molar-refractivity contribution >= 4 is 47.0 Å². The summed E-state index contributed by atoms with van der Waals surface area (Å²) in [5, 5.41) is 2.41. The van der Waals surface area contributed by atoms with Crippen LogP contribution in [0, 0.1) is 0 Å². The highest BCUT2D eigenvalue weighted by molar-refractivity contribution is 8.20. The van der Waals surface area contributed by atoms with Crippen molar-refractivity contribution in [3.05, 3.63) is 10.3 Å². The van der Waals surface area contributed by atoms with Crippen molar-refractivity contribution in [2.45, 2.75) is 17.4 Å². The molecule has 0 aliphatic carbocycles. The van der Waals surface area contributed by atoms with Crippen LogP contribution >= 0.6 is 47.0 Å². The summed E-state index contributed by atoms with van der Waals surface area (Å²) < 4.78 is 0.768. The largest absolute Gasteiger partial charge is 0.142 e. The third-order valence-corrected chi connectivity index (χ3v) is 7.49. The predicted molar refractivity (Wildman–Crippen MR) is 70.9 cm³/mol. The van der Waals surface area contributed by atoms with Gasteiger partial charge in [-0.25, -0.2) is 0 Å². The molecule has 0 radical (unpaired) electrons. The van der Waals surface area contributed by atoms with Crippen molar-refractivity contribution < 1.29 is 0 Å². The van der Waals surface area contributed by atoms with Gasteiger partial charge in [-0.2, -0.15) is 0 Å². The van der Waals surface area contributed by atoms with E-state index in [0.717, 1.165) is 4.58 Å². The van der Waals surface area contributed by atoms with E-state index in [4.69, 9.17) is 0 Å². The lowest BCUT2D eigenvalue weighted by atomic mass is 10.6. The van der Waals surface area contributed by atoms with Crippen LogP contribution in [0.5, 0.6) is 0 Å². The molecule has 0 aromatic carbocycles. The summed E-state index contributed by atoms with van der Waals surface area (Å²) in [6, 6.07) is 0. The van der Waals surface area contributed by atoms with E-state index in [9.17, 15) is 0 Å². The van der Waals surface area contributed by atoms with Crippen LogP contribution in [0.2, 0.25) is 0 Å². The summed E-state index contributed by atoms with van der Waals surface area (Å²) in [7, 11) is 0. The summed E-state index contributed by atoms with van der Waals surface area (Å²) in [4.78, 5) is 1.64. The van der Waals surface area contributed by atoms with Gasteiger partial charge in [0.15, 0.2) is 0 Å². The number of rotatable bonds is 1. The van der Waals surface area contributed by atoms with E-state index >= 15 is 0 Å². The normalized spacial score (nSPS) is 26.6. The average Bonchev–Trinajstić information content (AvgIpc) is 2.47. The van der Waals surface area contributed by atoms with Gasteiger partial charge in [0.1, 0.15) is 0 Å². The second kappa shape index (κ2) is 5.89. The Balaban J connectivity index is 1.92. The van der Waals surface area contributed by atoms with Crippen molar-refractivity contribution in [1.29, 1.82) is 0 Å². The topological polar surface area (TPSA) is 0 Å². The molecule has 0 nitrogen and oxygen atoms in total. The third-order valence-electron chi connectivity index (χ3n) is 1.93. The van der Waals surface area contributed by atoms with Crippen LogP contribution in [0.15, 0.2) is 10.3 Å². The fraction of sp³-hybridized carbons (Fsp3) is 0.778. The minimum absolute atomic E-state index is 0.768. The molecule has 0 bridgehead atoms. The van der Waals surface area contributed by atoms with Gasteiger partial charge in [-0.1, -0.05) is 0 Å². The minimum atomic E-state index is 0.768. The molecule has 2 aliphatic heterocycles. The van der Waals surface area contributed by atoms with Crippen LogP contribution < -0.4 is 0 Å². The van der Waals surface area contributed by atoms with E-state index in [2.05, 4.69) is 40.7 Å². The lowest BCUT2D eigenvalue weighted by Crippen LogP contribution is -2.07. The Morgan fingerprint density at radius 2 is 1.77 bits per heavy atom. The standard InChI is InChI=1S/C9H14S4/c1-3-10-7-8(11-4-1)9-12-5-2-6-13-9/h7,9H,1-6H2. The Kier molecular flexibility index (Phi) is 4.82. The minimum Gasteiger partial charge on any atom is -0.142 e. The lowest BCUT2D eigenvalue weighted by Gasteiger charge is -2.22. The SMILES string of the molecule is C1=C(C2SCCCS2)SCCCS1. The molecule has 2 aliphatic rings. The molecule has 0 atom stereocenters. The monoisotopic (exact) mass is 250 g/mol. The second-order valence-electron chi connectivity index (χ2n) is 3.02. The molecule has 0 spiro atoms. The molecule has 0 saturated carbocycles. The van der Waals surface area contributed by atoms with E-state index in [-0.39, 0.29) is 0 Å². The molecular formula is C9H14S4. The first-order valence-corrected chi connectivity index (χ1v) is 8.78. The van der Waals surface area contributed by atoms with Gasteiger partial charge in [0.25, 0.3) is 0 Å². The van der Waals surface area contributed by atoms with Crippen LogP contribution in [-0.4, -0.2) is 27.6 Å². The van der Waals surface area contributed by atoms with Crippen molar-refractivity contribution in [2.75, 3.05) is 23.0 Å². The van der Waals surface area contributed by atoms with Gasteiger partial charge in [-0.3, -0.25) is 0 Å². The Morgan fingerprint density at radius 3 is 2.62 bits per heavy atom. The molecule has 0 aromatic rings. The smallest absolute Gasteiger partial charge is 0.0814 e. The highest BCUT2D eigenvalue weighted by Gasteiger charge is 2.20. The van der Waals surface area contributed by atoms with Crippen LogP contribution in [0.25, 0.3) is 0 Å². The zero-order valence-electron chi connectivity index (χ0n) is 7.53. The van der Waals surface area contributed by atoms with E-state index in [1.54, 1.807) is 4.91 Å². The molecule has 0 amide bonds. The molecular weight excluding hydrogens is 236 g/mol. The third kappa shape index (κ3) is 3.33. The summed E-state index contributed by atoms with van der Waals surface area (Å²) in [5.41, 5.74) is 0. The first-order valence-electron chi connectivity index (χ1n) is 4.64. The molecule has 4 heteroatoms. The van der Waals surface area contributed by atoms with Crippen LogP contribution in [0.1, 0.15) is 12.8 Å². The van der Waals surface area contributed by atoms with Crippen LogP contribution in [0.4, 0.5) is 0 Å². The van der Waals surface area contributed by atoms with Gasteiger partial charge in [-0.15, -0.1) is 47.0 Å². The molecule has 2 heterocycles. The van der Waals surface area contributed by atoms with Crippen molar-refractivity contribution in [3.63, 3.8) is 0 Å². The van der Waals surface area contributed by atoms with Crippen molar-refractivity contribution in [1.82, 2.24) is 0 Å². The Morgan fingerprint density at radius 1 is 1.00 bits per heavy atom. The Labute approximate surface area is 97.4 Å². The lowest BCUT2D eigenvalue weighted by molar-refractivity contribution is 1.11. The van der Waals surface area contributed by atoms with Gasteiger partial charge < -0.3 is 0 Å². The first kappa shape index (κ1) is 10.7. The molecule has 74 valence electrons. The zero-order chi connectivity index (χ0) is 8.93. The maximum atomic E-state index is 2.41. The van der Waals surface area contributed by atoms with E-state index in [1.165, 1.54) is 35.9 Å². The van der Waals surface area contributed by atoms with Crippen molar-refractivity contribution in [3.8, 4) is 0 Å². The fourth-order valence-corrected chi connectivity index (χ4v) is 6.98. The van der Waals surface area contributed by atoms with E-state index in [1.807, 2.05) is 11.8 Å². The van der Waals surface area contributed by atoms with E-state index < -0.39 is 0 Å². The Bertz CT molecular complexity index is 184. The first-order chi connectivity index (χ1) is 6.47. The molecule has 13 heavy (non-hydrogen) atoms. The second-order valence-corrected chi connectivity index (χ2v) is 7.89. The highest BCUT2D eigenvalue weighted by atomic mass is 32.2. The summed E-state index contributed by atoms with van der Waals surface area (Å²) in [6.07, 6.45) is 2.77. The van der Waals surface area contributed by atoms with E-state index in [0.29, 0.717) is 0 Å². The maximum Gasteiger partial charge on any atom is 0.0814 e. The molecule has 1 saturated heterocycles. The van der Waals surface area contributed by atoms with Crippen molar-refractivity contribution in [2.24, 2.45) is 0 Å². The summed E-state index contributed by atoms with van der Waals surface area (Å²) >= 11 is 8.38. The number of thioether (sulfide) groups is 4. The van der Waals surface area contributed by atoms with Crippen LogP contribution in [-0.2, 0) is 0 Å². The predicted octanol–water partition coefficient (Wildman–Crippen LogP) is 3.89. The molecule has 0 aromatic heterocycles. The molecule has 0 N–H and O–H groups in total. The summed E-state index contributed by atoms with van der Waals surface area (Å²) in [6.45, 7) is 0. The Hall–Kier alpha value is 1.14. The fourth-order valence-electron chi connectivity index (χ4n) is 1.28. The van der Waals surface area contributed by atoms with Gasteiger partial charge in [0.2, 0.25) is 0 Å². The number of hydrogen-bond acceptors (Lipinski definition) is 4. The van der Waals surface area contributed by atoms with Gasteiger partial charge >= 0.3 is 0 Å². The zero-order valence-corrected chi connectivity index (χ0v) is 10.8. The molecule has 0 unspecified atom stereocenters. The summed E-state index contributed by atoms with van der Waals surface area (Å²) in [5.74, 6) is 5.37. The maximum absolute atomic E-state index is 2.41. The quantitative estimate of drug-likeness (QED) is 0.692. The van der Waals surface area contributed by atoms with Gasteiger partial charge in [-0.05, 0) is 41.3 Å².